The highest BCUT2D eigenvalue weighted by molar-refractivity contribution is 5.00. The summed E-state index contributed by atoms with van der Waals surface area (Å²) >= 11 is 0. The van der Waals surface area contributed by atoms with E-state index in [0.29, 0.717) is 18.1 Å². The number of halogens is 1. The molecule has 0 amide bonds. The molecule has 1 heterocycles. The summed E-state index contributed by atoms with van der Waals surface area (Å²) < 4.78 is 12.5. The molecule has 1 aliphatic heterocycles. The number of piperazine rings is 1. The minimum absolute atomic E-state index is 0.200. The first kappa shape index (κ1) is 10.4. The summed E-state index contributed by atoms with van der Waals surface area (Å²) in [5, 5.41) is 3.54. The van der Waals surface area contributed by atoms with Crippen molar-refractivity contribution in [3.8, 4) is 0 Å². The van der Waals surface area contributed by atoms with Gasteiger partial charge in [0.15, 0.2) is 0 Å². The molecule has 2 nitrogen and oxygen atoms in total. The lowest BCUT2D eigenvalue weighted by atomic mass is 9.91. The monoisotopic (exact) mass is 200 g/mol. The second-order valence-electron chi connectivity index (χ2n) is 4.85. The van der Waals surface area contributed by atoms with E-state index in [4.69, 9.17) is 0 Å². The molecule has 2 aliphatic rings. The summed E-state index contributed by atoms with van der Waals surface area (Å²) in [5.74, 6) is 0. The van der Waals surface area contributed by atoms with Gasteiger partial charge < -0.3 is 5.32 Å². The van der Waals surface area contributed by atoms with Gasteiger partial charge in [0.05, 0.1) is 0 Å². The van der Waals surface area contributed by atoms with Crippen molar-refractivity contribution in [3.05, 3.63) is 0 Å². The molecule has 0 aromatic carbocycles. The van der Waals surface area contributed by atoms with Crippen molar-refractivity contribution in [2.75, 3.05) is 26.3 Å². The standard InChI is InChI=1S/C11H21FN2/c1-10-8-14(7-6-12)11(9-13-10)4-2-3-5-11/h10,13H,2-9H2,1H3. The Labute approximate surface area is 85.9 Å². The van der Waals surface area contributed by atoms with Crippen LogP contribution in [0.5, 0.6) is 0 Å². The molecule has 1 N–H and O–H groups in total. The van der Waals surface area contributed by atoms with Gasteiger partial charge in [-0.25, -0.2) is 4.39 Å². The highest BCUT2D eigenvalue weighted by Crippen LogP contribution is 2.36. The molecule has 2 fully saturated rings. The van der Waals surface area contributed by atoms with E-state index in [2.05, 4.69) is 17.1 Å². The molecule has 1 atom stereocenters. The molecule has 14 heavy (non-hydrogen) atoms. The van der Waals surface area contributed by atoms with Crippen molar-refractivity contribution in [1.29, 1.82) is 0 Å². The number of nitrogens with zero attached hydrogens (tertiary/aromatic N) is 1. The second kappa shape index (κ2) is 4.15. The molecule has 0 radical (unpaired) electrons. The quantitative estimate of drug-likeness (QED) is 0.728. The predicted octanol–water partition coefficient (Wildman–Crippen LogP) is 1.56. The molecule has 1 saturated heterocycles. The average molecular weight is 200 g/mol. The molecule has 0 aromatic rings. The van der Waals surface area contributed by atoms with Crippen molar-refractivity contribution in [2.45, 2.75) is 44.2 Å². The SMILES string of the molecule is CC1CN(CCF)C2(CCCC2)CN1. The van der Waals surface area contributed by atoms with Gasteiger partial charge in [0.1, 0.15) is 6.67 Å². The third kappa shape index (κ3) is 1.80. The summed E-state index contributed by atoms with van der Waals surface area (Å²) in [6.45, 7) is 4.70. The lowest BCUT2D eigenvalue weighted by Crippen LogP contribution is -2.63. The fourth-order valence-corrected chi connectivity index (χ4v) is 3.02. The zero-order valence-electron chi connectivity index (χ0n) is 9.06. The van der Waals surface area contributed by atoms with Gasteiger partial charge in [0.2, 0.25) is 0 Å². The second-order valence-corrected chi connectivity index (χ2v) is 4.85. The topological polar surface area (TPSA) is 15.3 Å². The summed E-state index contributed by atoms with van der Waals surface area (Å²) in [4.78, 5) is 2.39. The number of alkyl halides is 1. The minimum atomic E-state index is -0.200. The van der Waals surface area contributed by atoms with Crippen LogP contribution in [0, 0.1) is 0 Å². The van der Waals surface area contributed by atoms with Gasteiger partial charge in [0.25, 0.3) is 0 Å². The van der Waals surface area contributed by atoms with E-state index in [1.165, 1.54) is 25.7 Å². The van der Waals surface area contributed by atoms with Crippen molar-refractivity contribution in [2.24, 2.45) is 0 Å². The molecule has 0 bridgehead atoms. The first-order chi connectivity index (χ1) is 6.77. The highest BCUT2D eigenvalue weighted by atomic mass is 19.1. The average Bonchev–Trinajstić information content (AvgIpc) is 2.62. The van der Waals surface area contributed by atoms with Gasteiger partial charge in [0, 0.05) is 31.2 Å². The lowest BCUT2D eigenvalue weighted by Gasteiger charge is -2.47. The van der Waals surface area contributed by atoms with Crippen LogP contribution in [0.25, 0.3) is 0 Å². The first-order valence-electron chi connectivity index (χ1n) is 5.81. The van der Waals surface area contributed by atoms with E-state index < -0.39 is 0 Å². The van der Waals surface area contributed by atoms with Crippen LogP contribution in [0.4, 0.5) is 4.39 Å². The number of hydrogen-bond acceptors (Lipinski definition) is 2. The van der Waals surface area contributed by atoms with Crippen LogP contribution < -0.4 is 5.32 Å². The van der Waals surface area contributed by atoms with Crippen LogP contribution in [0.1, 0.15) is 32.6 Å². The largest absolute Gasteiger partial charge is 0.311 e. The van der Waals surface area contributed by atoms with E-state index in [0.717, 1.165) is 13.1 Å². The Hall–Kier alpha value is -0.150. The van der Waals surface area contributed by atoms with Crippen LogP contribution >= 0.6 is 0 Å². The molecule has 2 rings (SSSR count). The van der Waals surface area contributed by atoms with Crippen LogP contribution in [-0.4, -0.2) is 42.8 Å². The van der Waals surface area contributed by atoms with E-state index >= 15 is 0 Å². The zero-order valence-corrected chi connectivity index (χ0v) is 9.06. The van der Waals surface area contributed by atoms with Crippen molar-refractivity contribution < 1.29 is 4.39 Å². The molecule has 1 saturated carbocycles. The molecule has 3 heteroatoms. The molecule has 82 valence electrons. The van der Waals surface area contributed by atoms with E-state index in [1.807, 2.05) is 0 Å². The lowest BCUT2D eigenvalue weighted by molar-refractivity contribution is 0.0415. The Balaban J connectivity index is 2.05. The molecular weight excluding hydrogens is 179 g/mol. The maximum Gasteiger partial charge on any atom is 0.102 e. The van der Waals surface area contributed by atoms with Crippen LogP contribution in [0.2, 0.25) is 0 Å². The van der Waals surface area contributed by atoms with Gasteiger partial charge >= 0.3 is 0 Å². The Kier molecular flexibility index (Phi) is 3.07. The van der Waals surface area contributed by atoms with Crippen LogP contribution in [0.15, 0.2) is 0 Å². The van der Waals surface area contributed by atoms with Crippen LogP contribution in [0.3, 0.4) is 0 Å². The third-order valence-corrected chi connectivity index (χ3v) is 3.83. The summed E-state index contributed by atoms with van der Waals surface area (Å²) in [5.41, 5.74) is 0.304. The summed E-state index contributed by atoms with van der Waals surface area (Å²) in [6.07, 6.45) is 5.15. The number of rotatable bonds is 2. The first-order valence-corrected chi connectivity index (χ1v) is 5.81. The zero-order chi connectivity index (χ0) is 10.0. The predicted molar refractivity (Wildman–Crippen MR) is 56.2 cm³/mol. The van der Waals surface area contributed by atoms with E-state index in [9.17, 15) is 4.39 Å². The van der Waals surface area contributed by atoms with Crippen molar-refractivity contribution >= 4 is 0 Å². The van der Waals surface area contributed by atoms with E-state index in [1.54, 1.807) is 0 Å². The molecule has 0 aromatic heterocycles. The smallest absolute Gasteiger partial charge is 0.102 e. The van der Waals surface area contributed by atoms with Gasteiger partial charge in [-0.1, -0.05) is 12.8 Å². The fourth-order valence-electron chi connectivity index (χ4n) is 3.02. The Morgan fingerprint density at radius 3 is 2.79 bits per heavy atom. The number of hydrogen-bond donors (Lipinski definition) is 1. The van der Waals surface area contributed by atoms with Gasteiger partial charge in [-0.15, -0.1) is 0 Å². The Morgan fingerprint density at radius 1 is 1.43 bits per heavy atom. The van der Waals surface area contributed by atoms with E-state index in [-0.39, 0.29) is 6.67 Å². The minimum Gasteiger partial charge on any atom is -0.311 e. The summed E-state index contributed by atoms with van der Waals surface area (Å²) in [6, 6.07) is 0.521. The molecule has 1 aliphatic carbocycles. The molecule has 1 unspecified atom stereocenters. The third-order valence-electron chi connectivity index (χ3n) is 3.83. The maximum atomic E-state index is 12.5. The maximum absolute atomic E-state index is 12.5. The van der Waals surface area contributed by atoms with Gasteiger partial charge in [-0.05, 0) is 19.8 Å². The van der Waals surface area contributed by atoms with Crippen molar-refractivity contribution in [1.82, 2.24) is 10.2 Å². The van der Waals surface area contributed by atoms with Crippen LogP contribution in [-0.2, 0) is 0 Å². The van der Waals surface area contributed by atoms with Crippen molar-refractivity contribution in [3.63, 3.8) is 0 Å². The Bertz CT molecular complexity index is 190. The molecular formula is C11H21FN2. The van der Waals surface area contributed by atoms with Gasteiger partial charge in [-0.3, -0.25) is 4.90 Å². The Morgan fingerprint density at radius 2 is 2.14 bits per heavy atom. The summed E-state index contributed by atoms with van der Waals surface area (Å²) in [7, 11) is 0. The van der Waals surface area contributed by atoms with Gasteiger partial charge in [-0.2, -0.15) is 0 Å². The molecule has 1 spiro atoms. The highest BCUT2D eigenvalue weighted by Gasteiger charge is 2.42. The normalized spacial score (nSPS) is 32.6. The fraction of sp³-hybridized carbons (Fsp3) is 1.00. The number of nitrogens with one attached hydrogen (secondary N) is 1.